The number of aliphatic hydroxyl groups excluding tert-OH is 1. The van der Waals surface area contributed by atoms with Gasteiger partial charge in [0.05, 0.1) is 17.7 Å². The lowest BCUT2D eigenvalue weighted by atomic mass is 9.97. The van der Waals surface area contributed by atoms with Crippen LogP contribution >= 0.6 is 15.9 Å². The van der Waals surface area contributed by atoms with E-state index in [9.17, 15) is 9.90 Å². The number of nitrogens with two attached hydrogens (primary N) is 1. The summed E-state index contributed by atoms with van der Waals surface area (Å²) in [6, 6.07) is 5.82. The minimum Gasteiger partial charge on any atom is -0.389 e. The summed E-state index contributed by atoms with van der Waals surface area (Å²) in [6.07, 6.45) is 1.36. The van der Waals surface area contributed by atoms with E-state index in [0.29, 0.717) is 6.54 Å². The van der Waals surface area contributed by atoms with Gasteiger partial charge in [0.2, 0.25) is 5.91 Å². The molecule has 0 saturated carbocycles. The van der Waals surface area contributed by atoms with Crippen LogP contribution in [0.4, 0.5) is 5.69 Å². The number of hydrogen-bond donors (Lipinski definition) is 2. The lowest BCUT2D eigenvalue weighted by molar-refractivity contribution is -0.122. The summed E-state index contributed by atoms with van der Waals surface area (Å²) < 4.78 is 0.941. The summed E-state index contributed by atoms with van der Waals surface area (Å²) in [6.45, 7) is 3.34. The maximum absolute atomic E-state index is 11.3. The van der Waals surface area contributed by atoms with Crippen LogP contribution in [0.5, 0.6) is 0 Å². The molecule has 1 amide bonds. The Hall–Kier alpha value is -1.07. The Bertz CT molecular complexity index is 477. The van der Waals surface area contributed by atoms with Crippen LogP contribution in [0.3, 0.4) is 0 Å². The second kappa shape index (κ2) is 5.92. The molecule has 19 heavy (non-hydrogen) atoms. The maximum Gasteiger partial charge on any atom is 0.222 e. The summed E-state index contributed by atoms with van der Waals surface area (Å²) in [5, 5.41) is 9.57. The van der Waals surface area contributed by atoms with Gasteiger partial charge in [0.15, 0.2) is 0 Å². The molecule has 104 valence electrons. The lowest BCUT2D eigenvalue weighted by Gasteiger charge is -2.33. The smallest absolute Gasteiger partial charge is 0.222 e. The number of piperidine rings is 1. The van der Waals surface area contributed by atoms with Crippen molar-refractivity contribution in [3.8, 4) is 0 Å². The highest BCUT2D eigenvalue weighted by Gasteiger charge is 2.25. The number of primary amides is 1. The number of carbonyl (C=O) groups excluding carboxylic acids is 1. The number of amides is 1. The van der Waals surface area contributed by atoms with Gasteiger partial charge in [-0.1, -0.05) is 6.07 Å². The SMILES string of the molecule is C[C@@H](O)c1ccc(N2CCCC(C(N)=O)C2)c(Br)c1. The molecule has 2 atom stereocenters. The Morgan fingerprint density at radius 3 is 2.89 bits per heavy atom. The van der Waals surface area contributed by atoms with Crippen molar-refractivity contribution in [3.05, 3.63) is 28.2 Å². The Kier molecular flexibility index (Phi) is 4.47. The lowest BCUT2D eigenvalue weighted by Crippen LogP contribution is -2.41. The molecule has 1 unspecified atom stereocenters. The highest BCUT2D eigenvalue weighted by atomic mass is 79.9. The highest BCUT2D eigenvalue weighted by Crippen LogP contribution is 2.32. The molecular formula is C14H19BrN2O2. The number of nitrogens with zero attached hydrogens (tertiary/aromatic N) is 1. The average Bonchev–Trinajstić information content (AvgIpc) is 2.38. The Balaban J connectivity index is 2.19. The second-order valence-electron chi connectivity index (χ2n) is 5.07. The first kappa shape index (κ1) is 14.3. The van der Waals surface area contributed by atoms with E-state index in [1.807, 2.05) is 18.2 Å². The molecule has 5 heteroatoms. The molecule has 1 fully saturated rings. The van der Waals surface area contributed by atoms with Gasteiger partial charge >= 0.3 is 0 Å². The zero-order valence-corrected chi connectivity index (χ0v) is 12.6. The van der Waals surface area contributed by atoms with E-state index in [2.05, 4.69) is 20.8 Å². The Morgan fingerprint density at radius 1 is 1.58 bits per heavy atom. The first-order valence-electron chi connectivity index (χ1n) is 6.51. The number of aliphatic hydroxyl groups is 1. The van der Waals surface area contributed by atoms with Crippen LogP contribution in [0.2, 0.25) is 0 Å². The van der Waals surface area contributed by atoms with Gasteiger partial charge in [0.25, 0.3) is 0 Å². The molecule has 0 aromatic heterocycles. The van der Waals surface area contributed by atoms with Gasteiger partial charge in [-0.25, -0.2) is 0 Å². The van der Waals surface area contributed by atoms with Crippen molar-refractivity contribution < 1.29 is 9.90 Å². The Morgan fingerprint density at radius 2 is 2.32 bits per heavy atom. The van der Waals surface area contributed by atoms with Gasteiger partial charge in [-0.15, -0.1) is 0 Å². The third kappa shape index (κ3) is 3.28. The zero-order chi connectivity index (χ0) is 14.0. The molecular weight excluding hydrogens is 308 g/mol. The van der Waals surface area contributed by atoms with Crippen LogP contribution in [-0.4, -0.2) is 24.1 Å². The largest absolute Gasteiger partial charge is 0.389 e. The van der Waals surface area contributed by atoms with E-state index in [1.54, 1.807) is 6.92 Å². The summed E-state index contributed by atoms with van der Waals surface area (Å²) in [5.74, 6) is -0.293. The number of benzene rings is 1. The number of halogens is 1. The summed E-state index contributed by atoms with van der Waals surface area (Å²) in [7, 11) is 0. The van der Waals surface area contributed by atoms with Crippen molar-refractivity contribution in [3.63, 3.8) is 0 Å². The molecule has 1 aromatic carbocycles. The van der Waals surface area contributed by atoms with Crippen molar-refractivity contribution in [2.24, 2.45) is 11.7 Å². The number of carbonyl (C=O) groups is 1. The second-order valence-corrected chi connectivity index (χ2v) is 5.93. The zero-order valence-electron chi connectivity index (χ0n) is 11.0. The van der Waals surface area contributed by atoms with E-state index < -0.39 is 6.10 Å². The van der Waals surface area contributed by atoms with Crippen LogP contribution in [0, 0.1) is 5.92 Å². The fourth-order valence-electron chi connectivity index (χ4n) is 2.47. The number of hydrogen-bond acceptors (Lipinski definition) is 3. The molecule has 2 rings (SSSR count). The minimum absolute atomic E-state index is 0.0721. The first-order chi connectivity index (χ1) is 8.99. The van der Waals surface area contributed by atoms with Crippen molar-refractivity contribution in [2.45, 2.75) is 25.9 Å². The molecule has 3 N–H and O–H groups in total. The molecule has 0 spiro atoms. The molecule has 0 aliphatic carbocycles. The fourth-order valence-corrected chi connectivity index (χ4v) is 3.11. The maximum atomic E-state index is 11.3. The molecule has 1 aliphatic heterocycles. The van der Waals surface area contributed by atoms with Crippen LogP contribution in [-0.2, 0) is 4.79 Å². The van der Waals surface area contributed by atoms with Gasteiger partial charge in [-0.3, -0.25) is 4.79 Å². The van der Waals surface area contributed by atoms with Gasteiger partial charge in [0.1, 0.15) is 0 Å². The topological polar surface area (TPSA) is 66.6 Å². The quantitative estimate of drug-likeness (QED) is 0.894. The van der Waals surface area contributed by atoms with Crippen LogP contribution < -0.4 is 10.6 Å². The first-order valence-corrected chi connectivity index (χ1v) is 7.30. The minimum atomic E-state index is -0.481. The fraction of sp³-hybridized carbons (Fsp3) is 0.500. The molecule has 1 aliphatic rings. The van der Waals surface area contributed by atoms with Gasteiger partial charge in [-0.2, -0.15) is 0 Å². The van der Waals surface area contributed by atoms with Gasteiger partial charge in [0, 0.05) is 17.6 Å². The van der Waals surface area contributed by atoms with Crippen molar-refractivity contribution in [1.82, 2.24) is 0 Å². The van der Waals surface area contributed by atoms with Crippen molar-refractivity contribution in [2.75, 3.05) is 18.0 Å². The summed E-state index contributed by atoms with van der Waals surface area (Å²) >= 11 is 3.54. The summed E-state index contributed by atoms with van der Waals surface area (Å²) in [4.78, 5) is 13.5. The van der Waals surface area contributed by atoms with Gasteiger partial charge < -0.3 is 15.7 Å². The highest BCUT2D eigenvalue weighted by molar-refractivity contribution is 9.10. The van der Waals surface area contributed by atoms with E-state index in [4.69, 9.17) is 5.73 Å². The predicted molar refractivity (Wildman–Crippen MR) is 78.9 cm³/mol. The van der Waals surface area contributed by atoms with Crippen molar-refractivity contribution >= 4 is 27.5 Å². The summed E-state index contributed by atoms with van der Waals surface area (Å²) in [5.41, 5.74) is 7.32. The standard InChI is InChI=1S/C14H19BrN2O2/c1-9(18)10-4-5-13(12(15)7-10)17-6-2-3-11(8-17)14(16)19/h4-5,7,9,11,18H,2-3,6,8H2,1H3,(H2,16,19)/t9-,11?/m1/s1. The molecule has 1 saturated heterocycles. The van der Waals surface area contributed by atoms with Crippen molar-refractivity contribution in [1.29, 1.82) is 0 Å². The molecule has 1 heterocycles. The predicted octanol–water partition coefficient (Wildman–Crippen LogP) is 2.20. The Labute approximate surface area is 121 Å². The number of anilines is 1. The average molecular weight is 327 g/mol. The molecule has 1 aromatic rings. The van der Waals surface area contributed by atoms with E-state index >= 15 is 0 Å². The van der Waals surface area contributed by atoms with Crippen LogP contribution in [0.25, 0.3) is 0 Å². The van der Waals surface area contributed by atoms with Crippen LogP contribution in [0.1, 0.15) is 31.4 Å². The van der Waals surface area contributed by atoms with E-state index in [1.165, 1.54) is 0 Å². The monoisotopic (exact) mass is 326 g/mol. The molecule has 0 bridgehead atoms. The van der Waals surface area contributed by atoms with Gasteiger partial charge in [-0.05, 0) is 53.4 Å². The molecule has 4 nitrogen and oxygen atoms in total. The normalized spacial score (nSPS) is 21.2. The third-order valence-corrected chi connectivity index (χ3v) is 4.25. The van der Waals surface area contributed by atoms with Crippen LogP contribution in [0.15, 0.2) is 22.7 Å². The molecule has 0 radical (unpaired) electrons. The third-order valence-electron chi connectivity index (χ3n) is 3.62. The van der Waals surface area contributed by atoms with E-state index in [-0.39, 0.29) is 11.8 Å². The van der Waals surface area contributed by atoms with E-state index in [0.717, 1.165) is 35.1 Å². The number of rotatable bonds is 3.